The van der Waals surface area contributed by atoms with E-state index in [9.17, 15) is 4.79 Å². The fourth-order valence-corrected chi connectivity index (χ4v) is 2.91. The average Bonchev–Trinajstić information content (AvgIpc) is 2.54. The van der Waals surface area contributed by atoms with Crippen molar-refractivity contribution in [1.82, 2.24) is 0 Å². The molecule has 22 heavy (non-hydrogen) atoms. The Bertz CT molecular complexity index is 399. The van der Waals surface area contributed by atoms with Crippen molar-refractivity contribution in [1.29, 1.82) is 0 Å². The lowest BCUT2D eigenvalue weighted by Crippen LogP contribution is -2.23. The second-order valence-corrected chi connectivity index (χ2v) is 6.29. The number of hydrogen-bond donors (Lipinski definition) is 0. The Morgan fingerprint density at radius 3 is 2.36 bits per heavy atom. The van der Waals surface area contributed by atoms with Crippen LogP contribution in [0.4, 0.5) is 0 Å². The van der Waals surface area contributed by atoms with Gasteiger partial charge in [0.15, 0.2) is 0 Å². The van der Waals surface area contributed by atoms with E-state index in [0.717, 1.165) is 18.4 Å². The molecule has 124 valence electrons. The molecule has 0 aliphatic heterocycles. The van der Waals surface area contributed by atoms with Crippen molar-refractivity contribution < 1.29 is 9.53 Å². The van der Waals surface area contributed by atoms with Crippen molar-refractivity contribution in [3.63, 3.8) is 0 Å². The summed E-state index contributed by atoms with van der Waals surface area (Å²) in [6.45, 7) is 6.90. The smallest absolute Gasteiger partial charge is 0.309 e. The number of carbonyl (C=O) groups excluding carboxylic acids is 1. The predicted octanol–water partition coefficient (Wildman–Crippen LogP) is 5.75. The largest absolute Gasteiger partial charge is 0.461 e. The highest BCUT2D eigenvalue weighted by atomic mass is 16.5. The van der Waals surface area contributed by atoms with Crippen molar-refractivity contribution in [2.24, 2.45) is 11.8 Å². The van der Waals surface area contributed by atoms with Crippen LogP contribution < -0.4 is 0 Å². The molecule has 0 fully saturated rings. The van der Waals surface area contributed by atoms with Gasteiger partial charge in [-0.3, -0.25) is 4.79 Å². The van der Waals surface area contributed by atoms with Crippen LogP contribution >= 0.6 is 0 Å². The van der Waals surface area contributed by atoms with Crippen LogP contribution in [0, 0.1) is 11.8 Å². The van der Waals surface area contributed by atoms with E-state index in [1.54, 1.807) is 0 Å². The third-order valence-electron chi connectivity index (χ3n) is 4.42. The van der Waals surface area contributed by atoms with Crippen LogP contribution in [0.5, 0.6) is 0 Å². The van der Waals surface area contributed by atoms with Crippen molar-refractivity contribution in [3.8, 4) is 0 Å². The van der Waals surface area contributed by atoms with Gasteiger partial charge >= 0.3 is 5.97 Å². The first-order chi connectivity index (χ1) is 10.7. The summed E-state index contributed by atoms with van der Waals surface area (Å²) in [5.41, 5.74) is 1.05. The van der Waals surface area contributed by atoms with Crippen LogP contribution in [0.1, 0.15) is 71.3 Å². The molecular formula is C20H32O2. The van der Waals surface area contributed by atoms with E-state index in [1.165, 1.54) is 32.1 Å². The van der Waals surface area contributed by atoms with E-state index in [2.05, 4.69) is 20.8 Å². The fourth-order valence-electron chi connectivity index (χ4n) is 2.91. The summed E-state index contributed by atoms with van der Waals surface area (Å²) in [6.07, 6.45) is 8.42. The molecule has 1 rings (SSSR count). The maximum absolute atomic E-state index is 12.3. The van der Waals surface area contributed by atoms with Crippen molar-refractivity contribution >= 4 is 5.97 Å². The third-order valence-corrected chi connectivity index (χ3v) is 4.42. The number of carbonyl (C=O) groups is 1. The lowest BCUT2D eigenvalue weighted by atomic mass is 9.87. The van der Waals surface area contributed by atoms with E-state index < -0.39 is 0 Å². The summed E-state index contributed by atoms with van der Waals surface area (Å²) < 4.78 is 5.51. The van der Waals surface area contributed by atoms with Gasteiger partial charge < -0.3 is 4.74 Å². The summed E-state index contributed by atoms with van der Waals surface area (Å²) in [5, 5.41) is 0. The van der Waals surface area contributed by atoms with Gasteiger partial charge in [-0.05, 0) is 24.3 Å². The van der Waals surface area contributed by atoms with Crippen LogP contribution in [0.25, 0.3) is 0 Å². The molecule has 1 aromatic carbocycles. The first-order valence-corrected chi connectivity index (χ1v) is 8.89. The van der Waals surface area contributed by atoms with E-state index in [1.807, 2.05) is 30.3 Å². The lowest BCUT2D eigenvalue weighted by Gasteiger charge is -2.21. The molecule has 0 N–H and O–H groups in total. The molecule has 0 aromatic heterocycles. The highest BCUT2D eigenvalue weighted by molar-refractivity contribution is 5.72. The van der Waals surface area contributed by atoms with Crippen molar-refractivity contribution in [2.45, 2.75) is 72.3 Å². The maximum Gasteiger partial charge on any atom is 0.309 e. The Kier molecular flexibility index (Phi) is 9.61. The topological polar surface area (TPSA) is 26.3 Å². The molecule has 2 nitrogen and oxygen atoms in total. The fraction of sp³-hybridized carbons (Fsp3) is 0.650. The van der Waals surface area contributed by atoms with Crippen LogP contribution in [0.2, 0.25) is 0 Å². The average molecular weight is 304 g/mol. The van der Waals surface area contributed by atoms with Crippen LogP contribution in [0.3, 0.4) is 0 Å². The van der Waals surface area contributed by atoms with Crippen molar-refractivity contribution in [2.75, 3.05) is 0 Å². The summed E-state index contributed by atoms with van der Waals surface area (Å²) in [5.74, 6) is 0.414. The highest BCUT2D eigenvalue weighted by Gasteiger charge is 2.24. The van der Waals surface area contributed by atoms with Gasteiger partial charge in [0.05, 0.1) is 5.92 Å². The van der Waals surface area contributed by atoms with E-state index in [-0.39, 0.29) is 11.9 Å². The second-order valence-electron chi connectivity index (χ2n) is 6.29. The third kappa shape index (κ3) is 7.11. The Hall–Kier alpha value is -1.31. The van der Waals surface area contributed by atoms with Gasteiger partial charge in [-0.25, -0.2) is 0 Å². The molecule has 0 heterocycles. The SMILES string of the molecule is CCCCCCCC(C)C(CC)C(=O)OCc1ccccc1. The molecule has 1 aromatic rings. The molecular weight excluding hydrogens is 272 g/mol. The summed E-state index contributed by atoms with van der Waals surface area (Å²) in [6, 6.07) is 9.90. The van der Waals surface area contributed by atoms with Gasteiger partial charge in [0.25, 0.3) is 0 Å². The Morgan fingerprint density at radius 1 is 1.05 bits per heavy atom. The first kappa shape index (κ1) is 18.7. The van der Waals surface area contributed by atoms with Gasteiger partial charge in [0.2, 0.25) is 0 Å². The predicted molar refractivity (Wildman–Crippen MR) is 92.6 cm³/mol. The molecule has 2 heteroatoms. The quantitative estimate of drug-likeness (QED) is 0.384. The summed E-state index contributed by atoms with van der Waals surface area (Å²) >= 11 is 0. The summed E-state index contributed by atoms with van der Waals surface area (Å²) in [4.78, 5) is 12.3. The number of benzene rings is 1. The number of rotatable bonds is 11. The molecule has 0 aliphatic carbocycles. The van der Waals surface area contributed by atoms with Gasteiger partial charge in [-0.15, -0.1) is 0 Å². The monoisotopic (exact) mass is 304 g/mol. The molecule has 0 bridgehead atoms. The molecule has 0 saturated heterocycles. The normalized spacial score (nSPS) is 13.6. The molecule has 2 atom stereocenters. The van der Waals surface area contributed by atoms with Gasteiger partial charge in [-0.2, -0.15) is 0 Å². The number of hydrogen-bond acceptors (Lipinski definition) is 2. The molecule has 0 amide bonds. The highest BCUT2D eigenvalue weighted by Crippen LogP contribution is 2.24. The molecule has 2 unspecified atom stereocenters. The zero-order valence-corrected chi connectivity index (χ0v) is 14.5. The minimum absolute atomic E-state index is 0.0348. The van der Waals surface area contributed by atoms with Crippen molar-refractivity contribution in [3.05, 3.63) is 35.9 Å². The zero-order chi connectivity index (χ0) is 16.2. The van der Waals surface area contributed by atoms with Gasteiger partial charge in [-0.1, -0.05) is 83.2 Å². The number of esters is 1. The van der Waals surface area contributed by atoms with E-state index >= 15 is 0 Å². The Morgan fingerprint density at radius 2 is 1.73 bits per heavy atom. The van der Waals surface area contributed by atoms with Crippen LogP contribution in [-0.4, -0.2) is 5.97 Å². The summed E-state index contributed by atoms with van der Waals surface area (Å²) in [7, 11) is 0. The molecule has 0 saturated carbocycles. The second kappa shape index (κ2) is 11.3. The van der Waals surface area contributed by atoms with Crippen LogP contribution in [0.15, 0.2) is 30.3 Å². The van der Waals surface area contributed by atoms with E-state index in [0.29, 0.717) is 12.5 Å². The Labute approximate surface area is 136 Å². The van der Waals surface area contributed by atoms with Crippen LogP contribution in [-0.2, 0) is 16.1 Å². The maximum atomic E-state index is 12.3. The number of ether oxygens (including phenoxy) is 1. The molecule has 0 spiro atoms. The number of unbranched alkanes of at least 4 members (excludes halogenated alkanes) is 4. The molecule has 0 radical (unpaired) electrons. The molecule has 0 aliphatic rings. The standard InChI is InChI=1S/C20H32O2/c1-4-6-7-8-10-13-17(3)19(5-2)20(21)22-16-18-14-11-9-12-15-18/h9,11-12,14-15,17,19H,4-8,10,13,16H2,1-3H3. The van der Waals surface area contributed by atoms with Gasteiger partial charge in [0, 0.05) is 0 Å². The zero-order valence-electron chi connectivity index (χ0n) is 14.5. The van der Waals surface area contributed by atoms with E-state index in [4.69, 9.17) is 4.74 Å². The van der Waals surface area contributed by atoms with Gasteiger partial charge in [0.1, 0.15) is 6.61 Å². The Balaban J connectivity index is 2.33. The minimum Gasteiger partial charge on any atom is -0.461 e. The lowest BCUT2D eigenvalue weighted by molar-refractivity contribution is -0.152. The first-order valence-electron chi connectivity index (χ1n) is 8.89. The minimum atomic E-state index is -0.0348.